The Hall–Kier alpha value is -1.59. The number of amides is 2. The fraction of sp³-hybridized carbons (Fsp3) is 0.786. The van der Waals surface area contributed by atoms with Gasteiger partial charge in [0.1, 0.15) is 0 Å². The number of ether oxygens (including phenoxy) is 1. The molecule has 0 aromatic carbocycles. The minimum Gasteiger partial charge on any atom is -0.466 e. The zero-order valence-corrected chi connectivity index (χ0v) is 12.3. The third-order valence-corrected chi connectivity index (χ3v) is 3.34. The summed E-state index contributed by atoms with van der Waals surface area (Å²) in [6, 6.07) is 0. The molecule has 1 aliphatic heterocycles. The highest BCUT2D eigenvalue weighted by Gasteiger charge is 2.31. The molecule has 1 unspecified atom stereocenters. The number of carbonyl (C=O) groups is 3. The van der Waals surface area contributed by atoms with E-state index in [1.807, 2.05) is 6.92 Å². The third kappa shape index (κ3) is 4.83. The van der Waals surface area contributed by atoms with Crippen molar-refractivity contribution in [1.29, 1.82) is 0 Å². The highest BCUT2D eigenvalue weighted by Crippen LogP contribution is 2.18. The van der Waals surface area contributed by atoms with Gasteiger partial charge in [0, 0.05) is 19.6 Å². The van der Waals surface area contributed by atoms with Gasteiger partial charge in [-0.15, -0.1) is 0 Å². The standard InChI is InChI=1S/C14H24N2O4/c1-3-5-8-15-12(17)13(18)16-9-6-7-11(10-16)14(19)20-4-2/h11H,3-10H2,1-2H3,(H,15,17). The molecule has 114 valence electrons. The van der Waals surface area contributed by atoms with Crippen LogP contribution in [0.1, 0.15) is 39.5 Å². The summed E-state index contributed by atoms with van der Waals surface area (Å²) in [5.74, 6) is -1.72. The predicted molar refractivity (Wildman–Crippen MR) is 73.9 cm³/mol. The van der Waals surface area contributed by atoms with Gasteiger partial charge in [-0.2, -0.15) is 0 Å². The summed E-state index contributed by atoms with van der Waals surface area (Å²) in [4.78, 5) is 36.8. The first-order chi connectivity index (χ1) is 9.60. The number of unbranched alkanes of at least 4 members (excludes halogenated alkanes) is 1. The van der Waals surface area contributed by atoms with Crippen LogP contribution in [0.2, 0.25) is 0 Å². The minimum atomic E-state index is -0.581. The molecule has 0 bridgehead atoms. The van der Waals surface area contributed by atoms with Crippen LogP contribution in [0.25, 0.3) is 0 Å². The highest BCUT2D eigenvalue weighted by molar-refractivity contribution is 6.35. The van der Waals surface area contributed by atoms with Gasteiger partial charge >= 0.3 is 17.8 Å². The first kappa shape index (κ1) is 16.5. The molecule has 6 nitrogen and oxygen atoms in total. The van der Waals surface area contributed by atoms with E-state index < -0.39 is 11.8 Å². The Morgan fingerprint density at radius 3 is 2.70 bits per heavy atom. The lowest BCUT2D eigenvalue weighted by atomic mass is 9.98. The van der Waals surface area contributed by atoms with E-state index in [2.05, 4.69) is 5.32 Å². The summed E-state index contributed by atoms with van der Waals surface area (Å²) in [5.41, 5.74) is 0. The Morgan fingerprint density at radius 2 is 2.05 bits per heavy atom. The van der Waals surface area contributed by atoms with Crippen molar-refractivity contribution in [3.8, 4) is 0 Å². The lowest BCUT2D eigenvalue weighted by Crippen LogP contribution is -2.48. The Labute approximate surface area is 119 Å². The average molecular weight is 284 g/mol. The number of likely N-dealkylation sites (tertiary alicyclic amines) is 1. The van der Waals surface area contributed by atoms with Crippen molar-refractivity contribution in [2.45, 2.75) is 39.5 Å². The molecule has 6 heteroatoms. The zero-order valence-electron chi connectivity index (χ0n) is 12.3. The van der Waals surface area contributed by atoms with E-state index in [9.17, 15) is 14.4 Å². The largest absolute Gasteiger partial charge is 0.466 e. The lowest BCUT2D eigenvalue weighted by molar-refractivity contribution is -0.154. The zero-order chi connectivity index (χ0) is 15.0. The molecule has 0 saturated carbocycles. The second-order valence-electron chi connectivity index (χ2n) is 4.95. The molecule has 1 atom stereocenters. The molecule has 0 aromatic heterocycles. The van der Waals surface area contributed by atoms with Crippen LogP contribution >= 0.6 is 0 Å². The molecule has 1 saturated heterocycles. The van der Waals surface area contributed by atoms with Crippen molar-refractivity contribution in [2.75, 3.05) is 26.2 Å². The van der Waals surface area contributed by atoms with Crippen LogP contribution in [0.4, 0.5) is 0 Å². The minimum absolute atomic E-state index is 0.277. The van der Waals surface area contributed by atoms with Gasteiger partial charge in [-0.25, -0.2) is 0 Å². The van der Waals surface area contributed by atoms with Gasteiger partial charge in [-0.1, -0.05) is 13.3 Å². The second-order valence-corrected chi connectivity index (χ2v) is 4.95. The summed E-state index contributed by atoms with van der Waals surface area (Å²) >= 11 is 0. The number of carbonyl (C=O) groups excluding carboxylic acids is 3. The van der Waals surface area contributed by atoms with E-state index in [0.29, 0.717) is 26.1 Å². The van der Waals surface area contributed by atoms with Crippen molar-refractivity contribution < 1.29 is 19.1 Å². The maximum Gasteiger partial charge on any atom is 0.311 e. The van der Waals surface area contributed by atoms with Crippen molar-refractivity contribution in [2.24, 2.45) is 5.92 Å². The van der Waals surface area contributed by atoms with E-state index in [1.54, 1.807) is 6.92 Å². The molecule has 0 radical (unpaired) electrons. The van der Waals surface area contributed by atoms with Crippen LogP contribution in [-0.4, -0.2) is 48.9 Å². The molecule has 0 aromatic rings. The van der Waals surface area contributed by atoms with E-state index in [4.69, 9.17) is 4.74 Å². The smallest absolute Gasteiger partial charge is 0.311 e. The van der Waals surface area contributed by atoms with Crippen LogP contribution in [0.3, 0.4) is 0 Å². The van der Waals surface area contributed by atoms with Gasteiger partial charge in [-0.05, 0) is 26.2 Å². The van der Waals surface area contributed by atoms with Crippen molar-refractivity contribution >= 4 is 17.8 Å². The van der Waals surface area contributed by atoms with Gasteiger partial charge in [-0.3, -0.25) is 14.4 Å². The van der Waals surface area contributed by atoms with Gasteiger partial charge in [0.15, 0.2) is 0 Å². The van der Waals surface area contributed by atoms with Crippen LogP contribution < -0.4 is 5.32 Å². The van der Waals surface area contributed by atoms with Crippen LogP contribution in [0.5, 0.6) is 0 Å². The number of piperidine rings is 1. The number of esters is 1. The first-order valence-electron chi connectivity index (χ1n) is 7.33. The van der Waals surface area contributed by atoms with Gasteiger partial charge < -0.3 is 15.0 Å². The van der Waals surface area contributed by atoms with Gasteiger partial charge in [0.05, 0.1) is 12.5 Å². The van der Waals surface area contributed by atoms with E-state index in [0.717, 1.165) is 19.3 Å². The summed E-state index contributed by atoms with van der Waals surface area (Å²) in [6.07, 6.45) is 3.24. The van der Waals surface area contributed by atoms with E-state index in [1.165, 1.54) is 4.90 Å². The van der Waals surface area contributed by atoms with Crippen LogP contribution in [-0.2, 0) is 19.1 Å². The molecule has 1 rings (SSSR count). The summed E-state index contributed by atoms with van der Waals surface area (Å²) in [7, 11) is 0. The number of nitrogens with zero attached hydrogens (tertiary/aromatic N) is 1. The van der Waals surface area contributed by atoms with Crippen LogP contribution in [0, 0.1) is 5.92 Å². The van der Waals surface area contributed by atoms with E-state index >= 15 is 0 Å². The summed E-state index contributed by atoms with van der Waals surface area (Å²) < 4.78 is 4.97. The Morgan fingerprint density at radius 1 is 1.30 bits per heavy atom. The topological polar surface area (TPSA) is 75.7 Å². The number of rotatable bonds is 5. The Balaban J connectivity index is 2.47. The van der Waals surface area contributed by atoms with E-state index in [-0.39, 0.29) is 18.4 Å². The Bertz CT molecular complexity index is 357. The molecule has 1 fully saturated rings. The third-order valence-electron chi connectivity index (χ3n) is 3.34. The predicted octanol–water partition coefficient (Wildman–Crippen LogP) is 0.704. The molecule has 2 amide bonds. The molecule has 1 N–H and O–H groups in total. The maximum atomic E-state index is 12.0. The van der Waals surface area contributed by atoms with Crippen LogP contribution in [0.15, 0.2) is 0 Å². The van der Waals surface area contributed by atoms with Crippen molar-refractivity contribution in [3.63, 3.8) is 0 Å². The quantitative estimate of drug-likeness (QED) is 0.458. The molecule has 1 aliphatic rings. The fourth-order valence-electron chi connectivity index (χ4n) is 2.21. The van der Waals surface area contributed by atoms with Gasteiger partial charge in [0.25, 0.3) is 0 Å². The molecular formula is C14H24N2O4. The molecule has 20 heavy (non-hydrogen) atoms. The molecule has 0 spiro atoms. The monoisotopic (exact) mass is 284 g/mol. The molecule has 1 heterocycles. The highest BCUT2D eigenvalue weighted by atomic mass is 16.5. The fourth-order valence-corrected chi connectivity index (χ4v) is 2.21. The average Bonchev–Trinajstić information content (AvgIpc) is 2.47. The maximum absolute atomic E-state index is 12.0. The van der Waals surface area contributed by atoms with Gasteiger partial charge in [0.2, 0.25) is 0 Å². The number of hydrogen-bond acceptors (Lipinski definition) is 4. The number of nitrogens with one attached hydrogen (secondary N) is 1. The normalized spacial score (nSPS) is 18.5. The SMILES string of the molecule is CCCCNC(=O)C(=O)N1CCCC(C(=O)OCC)C1. The molecular weight excluding hydrogens is 260 g/mol. The van der Waals surface area contributed by atoms with Crippen molar-refractivity contribution in [3.05, 3.63) is 0 Å². The molecule has 0 aliphatic carbocycles. The first-order valence-corrected chi connectivity index (χ1v) is 7.33. The van der Waals surface area contributed by atoms with Crippen molar-refractivity contribution in [1.82, 2.24) is 10.2 Å². The second kappa shape index (κ2) is 8.55. The lowest BCUT2D eigenvalue weighted by Gasteiger charge is -2.30. The Kier molecular flexibility index (Phi) is 7.04. The number of hydrogen-bond donors (Lipinski definition) is 1. The summed E-state index contributed by atoms with van der Waals surface area (Å²) in [5, 5.41) is 2.60. The summed E-state index contributed by atoms with van der Waals surface area (Å²) in [6.45, 7) is 5.42.